The average Bonchev–Trinajstić information content (AvgIpc) is 3.39. The Hall–Kier alpha value is -1.92. The van der Waals surface area contributed by atoms with Crippen molar-refractivity contribution in [1.82, 2.24) is 5.32 Å². The van der Waals surface area contributed by atoms with E-state index in [9.17, 15) is 19.8 Å². The molecular formula is C67H127NO5. The number of carbonyl (C=O) groups is 2. The summed E-state index contributed by atoms with van der Waals surface area (Å²) in [5.74, 6) is -0.0583. The van der Waals surface area contributed by atoms with E-state index in [1.165, 1.54) is 276 Å². The Bertz CT molecular complexity index is 1180. The maximum atomic E-state index is 12.4. The quantitative estimate of drug-likeness (QED) is 0.0320. The van der Waals surface area contributed by atoms with Crippen molar-refractivity contribution in [1.29, 1.82) is 0 Å². The molecule has 0 aromatic rings. The van der Waals surface area contributed by atoms with E-state index < -0.39 is 12.1 Å². The lowest BCUT2D eigenvalue weighted by Gasteiger charge is -2.20. The number of hydrogen-bond donors (Lipinski definition) is 3. The minimum atomic E-state index is -0.839. The number of amides is 1. The molecule has 0 radical (unpaired) electrons. The largest absolute Gasteiger partial charge is 0.466 e. The zero-order valence-electron chi connectivity index (χ0n) is 49.1. The highest BCUT2D eigenvalue weighted by Gasteiger charge is 2.18. The van der Waals surface area contributed by atoms with Gasteiger partial charge in [0.05, 0.1) is 25.4 Å². The number of nitrogens with one attached hydrogen (secondary N) is 1. The third-order valence-corrected chi connectivity index (χ3v) is 15.1. The second-order valence-corrected chi connectivity index (χ2v) is 22.5. The molecule has 2 unspecified atom stereocenters. The Labute approximate surface area is 455 Å². The highest BCUT2D eigenvalue weighted by Crippen LogP contribution is 2.18. The zero-order valence-corrected chi connectivity index (χ0v) is 49.1. The Morgan fingerprint density at radius 1 is 0.384 bits per heavy atom. The summed E-state index contributed by atoms with van der Waals surface area (Å²) < 4.78 is 5.47. The van der Waals surface area contributed by atoms with Gasteiger partial charge >= 0.3 is 5.97 Å². The molecule has 0 saturated heterocycles. The summed E-state index contributed by atoms with van der Waals surface area (Å²) in [6, 6.07) is -0.622. The molecule has 0 aliphatic carbocycles. The van der Waals surface area contributed by atoms with Gasteiger partial charge in [0, 0.05) is 12.8 Å². The van der Waals surface area contributed by atoms with Crippen molar-refractivity contribution in [3.8, 4) is 0 Å². The lowest BCUT2D eigenvalue weighted by molar-refractivity contribution is -0.143. The first-order valence-corrected chi connectivity index (χ1v) is 32.8. The molecule has 1 amide bonds. The maximum Gasteiger partial charge on any atom is 0.305 e. The lowest BCUT2D eigenvalue weighted by atomic mass is 10.0. The van der Waals surface area contributed by atoms with E-state index in [4.69, 9.17) is 4.74 Å². The first-order valence-electron chi connectivity index (χ1n) is 32.8. The van der Waals surface area contributed by atoms with E-state index in [0.717, 1.165) is 51.4 Å². The molecule has 0 aromatic heterocycles. The van der Waals surface area contributed by atoms with Gasteiger partial charge in [-0.3, -0.25) is 9.59 Å². The van der Waals surface area contributed by atoms with Gasteiger partial charge in [-0.25, -0.2) is 0 Å². The van der Waals surface area contributed by atoms with Crippen molar-refractivity contribution >= 4 is 11.9 Å². The summed E-state index contributed by atoms with van der Waals surface area (Å²) in [5, 5.41) is 23.0. The van der Waals surface area contributed by atoms with Crippen LogP contribution < -0.4 is 5.32 Å². The van der Waals surface area contributed by atoms with Crippen LogP contribution in [0.25, 0.3) is 0 Å². The Morgan fingerprint density at radius 3 is 1.10 bits per heavy atom. The summed E-state index contributed by atoms with van der Waals surface area (Å²) >= 11 is 0. The standard InChI is InChI=1S/C67H127NO5/c1-3-5-7-9-11-13-15-37-41-45-49-53-57-61-67(72)73-62-58-54-50-46-42-39-36-34-32-30-28-26-24-22-20-18-16-17-19-21-23-25-27-29-31-33-35-38-40-44-48-52-56-60-66(71)68-64(63-69)65(70)59-55-51-47-43-14-12-10-8-6-4-2/h7,9,13,15,55,59,64-65,69-70H,3-6,8,10-12,14,16-54,56-58,60-63H2,1-2H3,(H,68,71)/b9-7-,15-13-,59-55+. The van der Waals surface area contributed by atoms with Crippen molar-refractivity contribution < 1.29 is 24.5 Å². The monoisotopic (exact) mass is 1030 g/mol. The number of allylic oxidation sites excluding steroid dienone is 5. The van der Waals surface area contributed by atoms with Gasteiger partial charge < -0.3 is 20.3 Å². The van der Waals surface area contributed by atoms with E-state index in [0.29, 0.717) is 19.4 Å². The molecule has 2 atom stereocenters. The summed E-state index contributed by atoms with van der Waals surface area (Å²) in [5.41, 5.74) is 0. The summed E-state index contributed by atoms with van der Waals surface area (Å²) in [4.78, 5) is 24.4. The first kappa shape index (κ1) is 71.1. The molecule has 0 heterocycles. The lowest BCUT2D eigenvalue weighted by Crippen LogP contribution is -2.45. The second-order valence-electron chi connectivity index (χ2n) is 22.5. The number of unbranched alkanes of at least 4 members (excludes halogenated alkanes) is 46. The van der Waals surface area contributed by atoms with Crippen LogP contribution in [0.4, 0.5) is 0 Å². The molecule has 0 aromatic carbocycles. The van der Waals surface area contributed by atoms with E-state index in [1.807, 2.05) is 6.08 Å². The third-order valence-electron chi connectivity index (χ3n) is 15.1. The SMILES string of the molecule is CCC/C=C\C/C=C\CCCCCCCC(=O)OCCCCCCCCCCCCCCCCCCCCCCCCCCCCCCCCCCCC(=O)NC(CO)C(O)/C=C/CCCCCCCCCC. The Morgan fingerprint density at radius 2 is 0.712 bits per heavy atom. The topological polar surface area (TPSA) is 95.9 Å². The molecule has 0 aliphatic heterocycles. The van der Waals surface area contributed by atoms with Crippen molar-refractivity contribution in [2.75, 3.05) is 13.2 Å². The summed E-state index contributed by atoms with van der Waals surface area (Å²) in [7, 11) is 0. The number of hydrogen-bond acceptors (Lipinski definition) is 5. The van der Waals surface area contributed by atoms with Crippen molar-refractivity contribution in [3.05, 3.63) is 36.5 Å². The minimum absolute atomic E-state index is 0.00592. The fourth-order valence-corrected chi connectivity index (χ4v) is 10.1. The third kappa shape index (κ3) is 59.2. The predicted octanol–water partition coefficient (Wildman–Crippen LogP) is 20.8. The normalized spacial score (nSPS) is 12.8. The Balaban J connectivity index is 3.30. The highest BCUT2D eigenvalue weighted by molar-refractivity contribution is 5.76. The molecular weight excluding hydrogens is 899 g/mol. The molecule has 0 aliphatic rings. The molecule has 0 rings (SSSR count). The maximum absolute atomic E-state index is 12.4. The molecule has 6 heteroatoms. The molecule has 430 valence electrons. The van der Waals surface area contributed by atoms with Crippen LogP contribution in [-0.4, -0.2) is 47.4 Å². The smallest absolute Gasteiger partial charge is 0.305 e. The zero-order chi connectivity index (χ0) is 52.9. The van der Waals surface area contributed by atoms with Crippen LogP contribution >= 0.6 is 0 Å². The molecule has 3 N–H and O–H groups in total. The average molecular weight is 1030 g/mol. The predicted molar refractivity (Wildman–Crippen MR) is 319 cm³/mol. The number of aliphatic hydroxyl groups is 2. The van der Waals surface area contributed by atoms with Crippen molar-refractivity contribution in [2.45, 2.75) is 366 Å². The molecule has 0 spiro atoms. The van der Waals surface area contributed by atoms with E-state index >= 15 is 0 Å². The molecule has 73 heavy (non-hydrogen) atoms. The molecule has 6 nitrogen and oxygen atoms in total. The van der Waals surface area contributed by atoms with Crippen LogP contribution in [0.2, 0.25) is 0 Å². The van der Waals surface area contributed by atoms with E-state index in [-0.39, 0.29) is 18.5 Å². The second kappa shape index (κ2) is 62.6. The van der Waals surface area contributed by atoms with Gasteiger partial charge in [-0.2, -0.15) is 0 Å². The van der Waals surface area contributed by atoms with Gasteiger partial charge in [0.15, 0.2) is 0 Å². The van der Waals surface area contributed by atoms with Gasteiger partial charge in [0.25, 0.3) is 0 Å². The van der Waals surface area contributed by atoms with Crippen LogP contribution in [0.3, 0.4) is 0 Å². The number of esters is 1. The van der Waals surface area contributed by atoms with Crippen LogP contribution in [0.15, 0.2) is 36.5 Å². The van der Waals surface area contributed by atoms with E-state index in [1.54, 1.807) is 6.08 Å². The van der Waals surface area contributed by atoms with Crippen LogP contribution in [0.1, 0.15) is 354 Å². The van der Waals surface area contributed by atoms with Crippen LogP contribution in [-0.2, 0) is 14.3 Å². The fourth-order valence-electron chi connectivity index (χ4n) is 10.1. The van der Waals surface area contributed by atoms with Crippen molar-refractivity contribution in [2.24, 2.45) is 0 Å². The minimum Gasteiger partial charge on any atom is -0.466 e. The van der Waals surface area contributed by atoms with Gasteiger partial charge in [-0.1, -0.05) is 320 Å². The number of rotatable bonds is 61. The Kier molecular flexibility index (Phi) is 61.0. The van der Waals surface area contributed by atoms with Crippen molar-refractivity contribution in [3.63, 3.8) is 0 Å². The fraction of sp³-hybridized carbons (Fsp3) is 0.881. The van der Waals surface area contributed by atoms with E-state index in [2.05, 4.69) is 43.5 Å². The summed E-state index contributed by atoms with van der Waals surface area (Å²) in [6.45, 7) is 4.83. The first-order chi connectivity index (χ1) is 36.0. The number of ether oxygens (including phenoxy) is 1. The van der Waals surface area contributed by atoms with Crippen LogP contribution in [0, 0.1) is 0 Å². The summed E-state index contributed by atoms with van der Waals surface area (Å²) in [6.07, 6.45) is 79.4. The van der Waals surface area contributed by atoms with Gasteiger partial charge in [-0.15, -0.1) is 0 Å². The number of carbonyl (C=O) groups excluding carboxylic acids is 2. The van der Waals surface area contributed by atoms with Gasteiger partial charge in [0.1, 0.15) is 0 Å². The number of aliphatic hydroxyl groups excluding tert-OH is 2. The molecule has 0 bridgehead atoms. The molecule has 0 saturated carbocycles. The van der Waals surface area contributed by atoms with Gasteiger partial charge in [0.2, 0.25) is 5.91 Å². The van der Waals surface area contributed by atoms with Gasteiger partial charge in [-0.05, 0) is 57.8 Å². The highest BCUT2D eigenvalue weighted by atomic mass is 16.5. The van der Waals surface area contributed by atoms with Crippen LogP contribution in [0.5, 0.6) is 0 Å². The molecule has 0 fully saturated rings.